The molecule has 3 aromatic rings. The molecule has 0 saturated carbocycles. The zero-order valence-electron chi connectivity index (χ0n) is 17.3. The fraction of sp³-hybridized carbons (Fsp3) is 0.400. The number of hydrogen-bond acceptors (Lipinski definition) is 7. The van der Waals surface area contributed by atoms with Gasteiger partial charge in [0.2, 0.25) is 5.95 Å². The number of aryl methyl sites for hydroxylation is 1. The van der Waals surface area contributed by atoms with Gasteiger partial charge in [0.1, 0.15) is 12.3 Å². The molecule has 0 radical (unpaired) electrons. The van der Waals surface area contributed by atoms with Crippen molar-refractivity contribution in [3.63, 3.8) is 0 Å². The summed E-state index contributed by atoms with van der Waals surface area (Å²) in [6.07, 6.45) is 0. The summed E-state index contributed by atoms with van der Waals surface area (Å²) in [6, 6.07) is 7.59. The first-order valence-corrected chi connectivity index (χ1v) is 9.54. The molecule has 30 heavy (non-hydrogen) atoms. The second kappa shape index (κ2) is 7.36. The molecule has 0 fully saturated rings. The van der Waals surface area contributed by atoms with E-state index in [1.165, 1.54) is 18.7 Å². The van der Waals surface area contributed by atoms with Crippen molar-refractivity contribution in [3.05, 3.63) is 45.1 Å². The highest BCUT2D eigenvalue weighted by molar-refractivity contribution is 5.78. The van der Waals surface area contributed by atoms with E-state index >= 15 is 0 Å². The number of benzene rings is 1. The number of anilines is 2. The third-order valence-corrected chi connectivity index (χ3v) is 5.32. The van der Waals surface area contributed by atoms with E-state index < -0.39 is 23.8 Å². The fourth-order valence-electron chi connectivity index (χ4n) is 3.83. The number of imidazole rings is 1. The lowest BCUT2D eigenvalue weighted by molar-refractivity contribution is -0.141. The molecule has 0 N–H and O–H groups in total. The van der Waals surface area contributed by atoms with Crippen LogP contribution in [0.4, 0.5) is 11.6 Å². The van der Waals surface area contributed by atoms with E-state index in [9.17, 15) is 14.4 Å². The normalized spacial score (nSPS) is 15.9. The summed E-state index contributed by atoms with van der Waals surface area (Å²) >= 11 is 0. The van der Waals surface area contributed by atoms with Crippen LogP contribution >= 0.6 is 0 Å². The molecule has 4 rings (SSSR count). The Bertz CT molecular complexity index is 1250. The van der Waals surface area contributed by atoms with Crippen LogP contribution in [0.1, 0.15) is 6.92 Å². The highest BCUT2D eigenvalue weighted by atomic mass is 16.5. The minimum atomic E-state index is -0.668. The van der Waals surface area contributed by atoms with E-state index in [-0.39, 0.29) is 17.1 Å². The number of nitrogens with zero attached hydrogens (tertiary/aromatic N) is 5. The third kappa shape index (κ3) is 3.04. The van der Waals surface area contributed by atoms with Crippen LogP contribution in [0, 0.1) is 5.92 Å². The van der Waals surface area contributed by atoms with E-state index in [0.717, 1.165) is 10.3 Å². The van der Waals surface area contributed by atoms with Crippen molar-refractivity contribution in [3.8, 4) is 5.75 Å². The number of esters is 1. The minimum Gasteiger partial charge on any atom is -0.497 e. The summed E-state index contributed by atoms with van der Waals surface area (Å²) in [5, 5.41) is 0. The SMILES string of the molecule is COC(=O)Cn1c(=O)c2c(nc3n2CC(C)CN3c2cccc(OC)c2)n(C)c1=O. The summed E-state index contributed by atoms with van der Waals surface area (Å²) in [5.41, 5.74) is 0.266. The average molecular weight is 413 g/mol. The van der Waals surface area contributed by atoms with Crippen molar-refractivity contribution >= 4 is 28.8 Å². The van der Waals surface area contributed by atoms with Gasteiger partial charge >= 0.3 is 11.7 Å². The van der Waals surface area contributed by atoms with Gasteiger partial charge in [0.15, 0.2) is 11.2 Å². The summed E-state index contributed by atoms with van der Waals surface area (Å²) in [7, 11) is 4.35. The zero-order chi connectivity index (χ0) is 21.6. The van der Waals surface area contributed by atoms with Gasteiger partial charge in [0.25, 0.3) is 5.56 Å². The minimum absolute atomic E-state index is 0.215. The second-order valence-electron chi connectivity index (χ2n) is 7.42. The van der Waals surface area contributed by atoms with Crippen LogP contribution in [0.5, 0.6) is 5.75 Å². The molecule has 1 aromatic carbocycles. The molecular formula is C20H23N5O5. The first kappa shape index (κ1) is 19.7. The summed E-state index contributed by atoms with van der Waals surface area (Å²) in [4.78, 5) is 44.3. The van der Waals surface area contributed by atoms with Crippen LogP contribution in [0.3, 0.4) is 0 Å². The lowest BCUT2D eigenvalue weighted by atomic mass is 10.1. The Morgan fingerprint density at radius 2 is 2.00 bits per heavy atom. The number of carbonyl (C=O) groups is 1. The van der Waals surface area contributed by atoms with Crippen molar-refractivity contribution < 1.29 is 14.3 Å². The first-order chi connectivity index (χ1) is 14.3. The van der Waals surface area contributed by atoms with Gasteiger partial charge in [-0.05, 0) is 18.1 Å². The van der Waals surface area contributed by atoms with Crippen LogP contribution < -0.4 is 20.9 Å². The van der Waals surface area contributed by atoms with Crippen molar-refractivity contribution in [2.24, 2.45) is 13.0 Å². The van der Waals surface area contributed by atoms with Gasteiger partial charge in [-0.3, -0.25) is 14.2 Å². The first-order valence-electron chi connectivity index (χ1n) is 9.54. The predicted octanol–water partition coefficient (Wildman–Crippen LogP) is 0.866. The number of methoxy groups -OCH3 is 2. The van der Waals surface area contributed by atoms with E-state index in [4.69, 9.17) is 4.74 Å². The molecule has 0 amide bonds. The number of ether oxygens (including phenoxy) is 2. The molecule has 158 valence electrons. The number of hydrogen-bond donors (Lipinski definition) is 0. The Morgan fingerprint density at radius 1 is 1.23 bits per heavy atom. The molecule has 0 bridgehead atoms. The maximum absolute atomic E-state index is 13.2. The van der Waals surface area contributed by atoms with Crippen LogP contribution in [0.2, 0.25) is 0 Å². The van der Waals surface area contributed by atoms with Gasteiger partial charge in [-0.2, -0.15) is 4.98 Å². The van der Waals surface area contributed by atoms with Crippen molar-refractivity contribution in [2.45, 2.75) is 20.0 Å². The largest absolute Gasteiger partial charge is 0.497 e. The van der Waals surface area contributed by atoms with E-state index in [1.807, 2.05) is 33.7 Å². The van der Waals surface area contributed by atoms with Gasteiger partial charge < -0.3 is 18.9 Å². The molecule has 3 heterocycles. The smallest absolute Gasteiger partial charge is 0.333 e. The standard InChI is InChI=1S/C20H23N5O5/c1-12-9-23(13-6-5-7-14(8-13)29-3)19-21-17-16(24(19)10-12)18(27)25(11-15(26)30-4)20(28)22(17)2/h5-8,12H,9-11H2,1-4H3. The summed E-state index contributed by atoms with van der Waals surface area (Å²) in [6.45, 7) is 2.89. The molecule has 0 saturated heterocycles. The van der Waals surface area contributed by atoms with Crippen molar-refractivity contribution in [1.82, 2.24) is 18.7 Å². The van der Waals surface area contributed by atoms with Crippen molar-refractivity contribution in [1.29, 1.82) is 0 Å². The van der Waals surface area contributed by atoms with E-state index in [2.05, 4.69) is 16.6 Å². The topological polar surface area (TPSA) is 101 Å². The van der Waals surface area contributed by atoms with Crippen LogP contribution in [0.15, 0.2) is 33.9 Å². The predicted molar refractivity (Wildman–Crippen MR) is 110 cm³/mol. The molecule has 0 spiro atoms. The van der Waals surface area contributed by atoms with Gasteiger partial charge in [0.05, 0.1) is 14.2 Å². The highest BCUT2D eigenvalue weighted by Gasteiger charge is 2.30. The molecule has 1 atom stereocenters. The number of carbonyl (C=O) groups excluding carboxylic acids is 1. The monoisotopic (exact) mass is 413 g/mol. The number of fused-ring (bicyclic) bond motifs is 3. The Morgan fingerprint density at radius 3 is 2.70 bits per heavy atom. The Kier molecular flexibility index (Phi) is 4.84. The zero-order valence-corrected chi connectivity index (χ0v) is 17.3. The van der Waals surface area contributed by atoms with Gasteiger partial charge in [0, 0.05) is 31.9 Å². The van der Waals surface area contributed by atoms with Gasteiger partial charge in [-0.25, -0.2) is 9.36 Å². The average Bonchev–Trinajstić information content (AvgIpc) is 3.14. The lowest BCUT2D eigenvalue weighted by Crippen LogP contribution is -2.42. The highest BCUT2D eigenvalue weighted by Crippen LogP contribution is 2.34. The molecule has 10 nitrogen and oxygen atoms in total. The Labute approximate surface area is 171 Å². The van der Waals surface area contributed by atoms with Gasteiger partial charge in [-0.1, -0.05) is 13.0 Å². The summed E-state index contributed by atoms with van der Waals surface area (Å²) in [5.74, 6) is 0.825. The van der Waals surface area contributed by atoms with E-state index in [1.54, 1.807) is 7.11 Å². The second-order valence-corrected chi connectivity index (χ2v) is 7.42. The maximum atomic E-state index is 13.2. The molecule has 10 heteroatoms. The number of rotatable bonds is 4. The quantitative estimate of drug-likeness (QED) is 0.585. The molecule has 1 aliphatic rings. The molecule has 2 aromatic heterocycles. The molecule has 1 aliphatic heterocycles. The molecule has 0 aliphatic carbocycles. The lowest BCUT2D eigenvalue weighted by Gasteiger charge is -2.33. The summed E-state index contributed by atoms with van der Waals surface area (Å²) < 4.78 is 14.0. The van der Waals surface area contributed by atoms with Gasteiger partial charge in [-0.15, -0.1) is 0 Å². The van der Waals surface area contributed by atoms with Crippen LogP contribution in [-0.2, 0) is 29.7 Å². The maximum Gasteiger partial charge on any atom is 0.333 e. The Hall–Kier alpha value is -3.56. The van der Waals surface area contributed by atoms with Crippen LogP contribution in [-0.4, -0.2) is 45.4 Å². The molecule has 1 unspecified atom stereocenters. The molecular weight excluding hydrogens is 390 g/mol. The van der Waals surface area contributed by atoms with E-state index in [0.29, 0.717) is 24.8 Å². The van der Waals surface area contributed by atoms with Crippen molar-refractivity contribution in [2.75, 3.05) is 25.7 Å². The Balaban J connectivity index is 1.97. The fourth-order valence-corrected chi connectivity index (χ4v) is 3.83. The third-order valence-electron chi connectivity index (χ3n) is 5.32. The number of aromatic nitrogens is 4. The van der Waals surface area contributed by atoms with Crippen LogP contribution in [0.25, 0.3) is 11.2 Å².